The zero-order valence-electron chi connectivity index (χ0n) is 25.1. The first-order valence-electron chi connectivity index (χ1n) is 15.5. The molecule has 2 aromatic rings. The third-order valence-corrected chi connectivity index (χ3v) is 7.05. The molecule has 0 spiro atoms. The van der Waals surface area contributed by atoms with Crippen LogP contribution >= 0.6 is 0 Å². The van der Waals surface area contributed by atoms with Gasteiger partial charge in [0.15, 0.2) is 0 Å². The largest absolute Gasteiger partial charge is 0.393 e. The Morgan fingerprint density at radius 1 is 0.857 bits per heavy atom. The number of anilines is 4. The summed E-state index contributed by atoms with van der Waals surface area (Å²) in [6.07, 6.45) is 10.3. The predicted molar refractivity (Wildman–Crippen MR) is 166 cm³/mol. The van der Waals surface area contributed by atoms with E-state index in [4.69, 9.17) is 15.2 Å². The fraction of sp³-hybridized carbons (Fsp3) is 0.667. The molecule has 12 heteroatoms. The lowest BCUT2D eigenvalue weighted by atomic mass is 9.93. The van der Waals surface area contributed by atoms with E-state index in [-0.39, 0.29) is 18.1 Å². The maximum Gasteiger partial charge on any atom is 0.251 e. The van der Waals surface area contributed by atoms with Crippen molar-refractivity contribution in [2.75, 3.05) is 62.0 Å². The molecule has 0 atom stereocenters. The molecule has 1 aromatic heterocycles. The number of aliphatic hydroxyl groups is 1. The lowest BCUT2D eigenvalue weighted by Crippen LogP contribution is -2.29. The van der Waals surface area contributed by atoms with Gasteiger partial charge in [-0.2, -0.15) is 15.0 Å². The highest BCUT2D eigenvalue weighted by molar-refractivity contribution is 5.94. The highest BCUT2D eigenvalue weighted by atomic mass is 16.5. The van der Waals surface area contributed by atoms with Crippen molar-refractivity contribution in [3.63, 3.8) is 0 Å². The van der Waals surface area contributed by atoms with Gasteiger partial charge in [-0.15, -0.1) is 0 Å². The fourth-order valence-electron chi connectivity index (χ4n) is 4.66. The van der Waals surface area contributed by atoms with E-state index in [0.29, 0.717) is 62.9 Å². The molecule has 12 nitrogen and oxygen atoms in total. The van der Waals surface area contributed by atoms with E-state index in [2.05, 4.69) is 43.1 Å². The summed E-state index contributed by atoms with van der Waals surface area (Å²) in [6.45, 7) is 5.78. The quantitative estimate of drug-likeness (QED) is 0.118. The summed E-state index contributed by atoms with van der Waals surface area (Å²) in [6, 6.07) is 7.36. The van der Waals surface area contributed by atoms with E-state index in [9.17, 15) is 9.90 Å². The Kier molecular flexibility index (Phi) is 15.9. The number of ether oxygens (including phenoxy) is 2. The van der Waals surface area contributed by atoms with Gasteiger partial charge in [-0.05, 0) is 56.4 Å². The number of nitrogens with two attached hydrogens (primary N) is 1. The summed E-state index contributed by atoms with van der Waals surface area (Å²) in [4.78, 5) is 26.3. The predicted octanol–water partition coefficient (Wildman–Crippen LogP) is 3.82. The van der Waals surface area contributed by atoms with Gasteiger partial charge in [0, 0.05) is 36.9 Å². The molecule has 42 heavy (non-hydrogen) atoms. The fourth-order valence-corrected chi connectivity index (χ4v) is 4.66. The maximum atomic E-state index is 12.5. The molecule has 0 radical (unpaired) electrons. The number of hydrogen-bond donors (Lipinski definition) is 6. The van der Waals surface area contributed by atoms with Crippen LogP contribution in [-0.2, 0) is 9.47 Å². The second-order valence-electron chi connectivity index (χ2n) is 10.6. The summed E-state index contributed by atoms with van der Waals surface area (Å²) >= 11 is 0. The average molecular weight is 587 g/mol. The molecule has 3 rings (SSSR count). The highest BCUT2D eigenvalue weighted by Crippen LogP contribution is 2.23. The number of benzene rings is 1. The molecular formula is C30H50N8O4. The van der Waals surface area contributed by atoms with Gasteiger partial charge in [0.05, 0.1) is 32.5 Å². The third kappa shape index (κ3) is 13.3. The molecular weight excluding hydrogens is 536 g/mol. The zero-order valence-corrected chi connectivity index (χ0v) is 25.1. The van der Waals surface area contributed by atoms with Gasteiger partial charge in [0.2, 0.25) is 17.8 Å². The molecule has 1 saturated carbocycles. The van der Waals surface area contributed by atoms with Gasteiger partial charge in [0.1, 0.15) is 0 Å². The number of aromatic nitrogens is 3. The smallest absolute Gasteiger partial charge is 0.251 e. The summed E-state index contributed by atoms with van der Waals surface area (Å²) in [5.41, 5.74) is 6.68. The normalized spacial score (nSPS) is 16.6. The molecule has 234 valence electrons. The van der Waals surface area contributed by atoms with Gasteiger partial charge < -0.3 is 41.6 Å². The number of carbonyl (C=O) groups excluding carboxylic acids is 1. The maximum absolute atomic E-state index is 12.5. The highest BCUT2D eigenvalue weighted by Gasteiger charge is 2.20. The molecule has 0 bridgehead atoms. The summed E-state index contributed by atoms with van der Waals surface area (Å²) < 4.78 is 10.7. The first-order valence-corrected chi connectivity index (χ1v) is 15.5. The summed E-state index contributed by atoms with van der Waals surface area (Å²) in [7, 11) is 0. The summed E-state index contributed by atoms with van der Waals surface area (Å²) in [5.74, 6) is 1.26. The van der Waals surface area contributed by atoms with Crippen LogP contribution in [0.4, 0.5) is 23.5 Å². The topological polar surface area (TPSA) is 169 Å². The molecule has 1 amide bonds. The van der Waals surface area contributed by atoms with Crippen molar-refractivity contribution in [2.24, 2.45) is 5.73 Å². The van der Waals surface area contributed by atoms with Crippen LogP contribution in [0.1, 0.15) is 81.5 Å². The first-order chi connectivity index (χ1) is 20.6. The van der Waals surface area contributed by atoms with Gasteiger partial charge >= 0.3 is 0 Å². The van der Waals surface area contributed by atoms with Crippen molar-refractivity contribution in [2.45, 2.75) is 83.3 Å². The minimum absolute atomic E-state index is 0.171. The number of amides is 1. The molecule has 7 N–H and O–H groups in total. The van der Waals surface area contributed by atoms with Crippen molar-refractivity contribution >= 4 is 29.4 Å². The molecule has 0 saturated heterocycles. The Morgan fingerprint density at radius 2 is 1.52 bits per heavy atom. The number of nitrogens with one attached hydrogen (secondary N) is 4. The number of unbranched alkanes of at least 4 members (excludes halogenated alkanes) is 5. The van der Waals surface area contributed by atoms with E-state index in [0.717, 1.165) is 44.3 Å². The van der Waals surface area contributed by atoms with E-state index < -0.39 is 0 Å². The number of hydrogen-bond acceptors (Lipinski definition) is 11. The molecule has 1 aliphatic rings. The lowest BCUT2D eigenvalue weighted by molar-refractivity contribution is 0.0511. The first kappa shape index (κ1) is 33.4. The van der Waals surface area contributed by atoms with E-state index in [1.807, 2.05) is 12.1 Å². The average Bonchev–Trinajstić information content (AvgIpc) is 2.99. The number of nitrogens with zero attached hydrogens (tertiary/aromatic N) is 3. The third-order valence-electron chi connectivity index (χ3n) is 7.05. The molecule has 1 aliphatic carbocycles. The molecule has 0 aliphatic heterocycles. The van der Waals surface area contributed by atoms with Crippen LogP contribution in [0, 0.1) is 0 Å². The van der Waals surface area contributed by atoms with E-state index in [1.165, 1.54) is 32.1 Å². The minimum Gasteiger partial charge on any atom is -0.393 e. The van der Waals surface area contributed by atoms with Crippen LogP contribution in [0.2, 0.25) is 0 Å². The number of carbonyl (C=O) groups is 1. The monoisotopic (exact) mass is 586 g/mol. The van der Waals surface area contributed by atoms with Gasteiger partial charge in [0.25, 0.3) is 5.91 Å². The number of rotatable bonds is 21. The Hall–Kier alpha value is -3.06. The minimum atomic E-state index is -0.224. The Labute approximate surface area is 250 Å². The second-order valence-corrected chi connectivity index (χ2v) is 10.6. The van der Waals surface area contributed by atoms with Crippen LogP contribution in [0.25, 0.3) is 0 Å². The van der Waals surface area contributed by atoms with Crippen molar-refractivity contribution in [1.82, 2.24) is 20.3 Å². The second kappa shape index (κ2) is 20.0. The Balaban J connectivity index is 1.52. The van der Waals surface area contributed by atoms with Crippen LogP contribution < -0.4 is 27.0 Å². The van der Waals surface area contributed by atoms with Crippen molar-refractivity contribution in [3.8, 4) is 0 Å². The molecule has 1 fully saturated rings. The number of aliphatic hydroxyl groups excluding tert-OH is 1. The van der Waals surface area contributed by atoms with Crippen LogP contribution in [0.15, 0.2) is 24.3 Å². The zero-order chi connectivity index (χ0) is 29.8. The molecule has 1 aromatic carbocycles. The van der Waals surface area contributed by atoms with Crippen molar-refractivity contribution in [1.29, 1.82) is 0 Å². The Bertz CT molecular complexity index is 1020. The lowest BCUT2D eigenvalue weighted by Gasteiger charge is -2.26. The van der Waals surface area contributed by atoms with Crippen molar-refractivity contribution < 1.29 is 19.4 Å². The van der Waals surface area contributed by atoms with Gasteiger partial charge in [-0.1, -0.05) is 39.0 Å². The SMILES string of the molecule is CCCCCCCCNc1nc(Nc2ccc(C(=O)NCCOCCOCCN)cc2)nc(NC2CCC(O)CC2)n1. The van der Waals surface area contributed by atoms with Crippen LogP contribution in [-0.4, -0.2) is 84.2 Å². The Morgan fingerprint density at radius 3 is 2.26 bits per heavy atom. The van der Waals surface area contributed by atoms with Crippen LogP contribution in [0.3, 0.4) is 0 Å². The van der Waals surface area contributed by atoms with E-state index >= 15 is 0 Å². The molecule has 1 heterocycles. The molecule has 0 unspecified atom stereocenters. The van der Waals surface area contributed by atoms with Gasteiger partial charge in [-0.25, -0.2) is 0 Å². The standard InChI is InChI=1S/C30H50N8O4/c1-2-3-4-5-6-7-17-33-28-36-29(38-30(37-28)35-25-12-14-26(39)15-13-25)34-24-10-8-23(9-11-24)27(40)32-18-20-42-22-21-41-19-16-31/h8-11,25-26,39H,2-7,12-22,31H2,1H3,(H,32,40)(H3,33,34,35,36,37,38). The van der Waals surface area contributed by atoms with E-state index in [1.54, 1.807) is 12.1 Å². The van der Waals surface area contributed by atoms with Gasteiger partial charge in [-0.3, -0.25) is 4.79 Å². The van der Waals surface area contributed by atoms with Crippen LogP contribution in [0.5, 0.6) is 0 Å². The summed E-state index contributed by atoms with van der Waals surface area (Å²) in [5, 5.41) is 22.7. The van der Waals surface area contributed by atoms with Crippen molar-refractivity contribution in [3.05, 3.63) is 29.8 Å².